The molecule has 5 heteroatoms. The zero-order chi connectivity index (χ0) is 24.4. The van der Waals surface area contributed by atoms with Crippen LogP contribution in [-0.2, 0) is 35.5 Å². The van der Waals surface area contributed by atoms with Crippen molar-refractivity contribution in [3.8, 4) is 11.5 Å². The maximum Gasteiger partial charge on any atom is 0.207 e. The number of phenolic OH excluding ortho intramolecular Hbond substituents is 2. The van der Waals surface area contributed by atoms with Crippen LogP contribution in [0.5, 0.6) is 11.5 Å². The minimum atomic E-state index is -3.81. The standard InChI is InChI=1S/C28H42O4S/c1-5-9-13-21-23(15-11-7-3)27(19-17-25(21)29)33(31,32)28-20-18-26(30)22(14-10-6-2)24(28)16-12-8-4/h17-20,29-30H,5-16H2,1-4H3. The largest absolute Gasteiger partial charge is 0.508 e. The zero-order valence-corrected chi connectivity index (χ0v) is 21.7. The predicted molar refractivity (Wildman–Crippen MR) is 136 cm³/mol. The molecular weight excluding hydrogens is 432 g/mol. The second kappa shape index (κ2) is 13.0. The first kappa shape index (κ1) is 27.2. The van der Waals surface area contributed by atoms with Crippen molar-refractivity contribution in [2.24, 2.45) is 0 Å². The fourth-order valence-corrected chi connectivity index (χ4v) is 6.29. The van der Waals surface area contributed by atoms with Gasteiger partial charge in [0.05, 0.1) is 9.79 Å². The molecule has 0 aliphatic rings. The Morgan fingerprint density at radius 2 is 0.848 bits per heavy atom. The van der Waals surface area contributed by atoms with Gasteiger partial charge in [-0.05, 0) is 97.9 Å². The van der Waals surface area contributed by atoms with Gasteiger partial charge < -0.3 is 10.2 Å². The van der Waals surface area contributed by atoms with E-state index in [4.69, 9.17) is 0 Å². The molecule has 0 fully saturated rings. The normalized spacial score (nSPS) is 11.8. The molecule has 2 aromatic rings. The van der Waals surface area contributed by atoms with Gasteiger partial charge in [0.2, 0.25) is 9.84 Å². The van der Waals surface area contributed by atoms with Crippen LogP contribution in [0.3, 0.4) is 0 Å². The first-order valence-electron chi connectivity index (χ1n) is 12.8. The Bertz CT molecular complexity index is 934. The van der Waals surface area contributed by atoms with E-state index in [0.29, 0.717) is 35.5 Å². The van der Waals surface area contributed by atoms with Crippen LogP contribution in [0.1, 0.15) is 101 Å². The monoisotopic (exact) mass is 474 g/mol. The van der Waals surface area contributed by atoms with E-state index in [1.165, 1.54) is 12.1 Å². The SMILES string of the molecule is CCCCc1c(O)ccc(S(=O)(=O)c2ccc(O)c(CCCC)c2CCCC)c1CCCC. The minimum absolute atomic E-state index is 0.189. The van der Waals surface area contributed by atoms with Crippen molar-refractivity contribution in [2.45, 2.75) is 115 Å². The summed E-state index contributed by atoms with van der Waals surface area (Å²) in [5, 5.41) is 21.2. The Morgan fingerprint density at radius 1 is 0.545 bits per heavy atom. The number of rotatable bonds is 14. The van der Waals surface area contributed by atoms with Gasteiger partial charge in [-0.2, -0.15) is 0 Å². The molecule has 0 aromatic heterocycles. The number of unbranched alkanes of at least 4 members (excludes halogenated alkanes) is 4. The zero-order valence-electron chi connectivity index (χ0n) is 20.9. The van der Waals surface area contributed by atoms with E-state index >= 15 is 0 Å². The van der Waals surface area contributed by atoms with Gasteiger partial charge in [0.15, 0.2) is 0 Å². The van der Waals surface area contributed by atoms with Crippen LogP contribution in [0.25, 0.3) is 0 Å². The summed E-state index contributed by atoms with van der Waals surface area (Å²) in [6.45, 7) is 8.37. The van der Waals surface area contributed by atoms with E-state index in [1.807, 2.05) is 0 Å². The summed E-state index contributed by atoms with van der Waals surface area (Å²) in [5.41, 5.74) is 3.06. The van der Waals surface area contributed by atoms with Crippen molar-refractivity contribution in [2.75, 3.05) is 0 Å². The summed E-state index contributed by atoms with van der Waals surface area (Å²) >= 11 is 0. The Kier molecular flexibility index (Phi) is 10.7. The number of hydrogen-bond acceptors (Lipinski definition) is 4. The summed E-state index contributed by atoms with van der Waals surface area (Å²) in [6.07, 6.45) is 9.98. The third kappa shape index (κ3) is 6.53. The van der Waals surface area contributed by atoms with Crippen LogP contribution < -0.4 is 0 Å². The highest BCUT2D eigenvalue weighted by Crippen LogP contribution is 2.37. The van der Waals surface area contributed by atoms with Crippen LogP contribution in [0, 0.1) is 0 Å². The number of benzene rings is 2. The average Bonchev–Trinajstić information content (AvgIpc) is 2.79. The molecule has 2 rings (SSSR count). The smallest absolute Gasteiger partial charge is 0.207 e. The van der Waals surface area contributed by atoms with E-state index in [1.54, 1.807) is 12.1 Å². The number of sulfone groups is 1. The third-order valence-corrected chi connectivity index (χ3v) is 8.35. The van der Waals surface area contributed by atoms with E-state index < -0.39 is 9.84 Å². The summed E-state index contributed by atoms with van der Waals surface area (Å²) in [5.74, 6) is 0.378. The second-order valence-corrected chi connectivity index (χ2v) is 10.9. The van der Waals surface area contributed by atoms with Crippen LogP contribution in [0.4, 0.5) is 0 Å². The van der Waals surface area contributed by atoms with Crippen molar-refractivity contribution in [1.29, 1.82) is 0 Å². The molecule has 0 saturated heterocycles. The fraction of sp³-hybridized carbons (Fsp3) is 0.571. The quantitative estimate of drug-likeness (QED) is 0.301. The Hall–Kier alpha value is -2.01. The van der Waals surface area contributed by atoms with Gasteiger partial charge in [-0.1, -0.05) is 53.4 Å². The first-order chi connectivity index (χ1) is 15.8. The molecule has 2 aromatic carbocycles. The van der Waals surface area contributed by atoms with E-state index in [-0.39, 0.29) is 11.5 Å². The number of phenols is 2. The molecule has 33 heavy (non-hydrogen) atoms. The van der Waals surface area contributed by atoms with E-state index in [0.717, 1.165) is 73.6 Å². The summed E-state index contributed by atoms with van der Waals surface area (Å²) in [4.78, 5) is 0.620. The van der Waals surface area contributed by atoms with Gasteiger partial charge >= 0.3 is 0 Å². The number of hydrogen-bond donors (Lipinski definition) is 2. The minimum Gasteiger partial charge on any atom is -0.508 e. The molecule has 0 atom stereocenters. The molecule has 0 heterocycles. The maximum absolute atomic E-state index is 14.1. The lowest BCUT2D eigenvalue weighted by Crippen LogP contribution is -2.13. The lowest BCUT2D eigenvalue weighted by Gasteiger charge is -2.20. The highest BCUT2D eigenvalue weighted by atomic mass is 32.2. The van der Waals surface area contributed by atoms with Crippen molar-refractivity contribution in [3.05, 3.63) is 46.5 Å². The fourth-order valence-electron chi connectivity index (χ4n) is 4.46. The molecule has 184 valence electrons. The maximum atomic E-state index is 14.1. The van der Waals surface area contributed by atoms with Crippen molar-refractivity contribution in [3.63, 3.8) is 0 Å². The predicted octanol–water partition coefficient (Wildman–Crippen LogP) is 7.30. The highest BCUT2D eigenvalue weighted by molar-refractivity contribution is 7.91. The lowest BCUT2D eigenvalue weighted by molar-refractivity contribution is 0.464. The number of aromatic hydroxyl groups is 2. The van der Waals surface area contributed by atoms with Crippen LogP contribution >= 0.6 is 0 Å². The third-order valence-electron chi connectivity index (χ3n) is 6.43. The first-order valence-corrected chi connectivity index (χ1v) is 14.2. The van der Waals surface area contributed by atoms with Crippen LogP contribution in [-0.4, -0.2) is 18.6 Å². The van der Waals surface area contributed by atoms with Crippen molar-refractivity contribution in [1.82, 2.24) is 0 Å². The molecule has 0 radical (unpaired) electrons. The molecule has 0 amide bonds. The summed E-state index contributed by atoms with van der Waals surface area (Å²) < 4.78 is 28.2. The van der Waals surface area contributed by atoms with E-state index in [2.05, 4.69) is 27.7 Å². The molecule has 0 aliphatic heterocycles. The molecule has 0 saturated carbocycles. The Balaban J connectivity index is 2.74. The van der Waals surface area contributed by atoms with Gasteiger partial charge in [-0.3, -0.25) is 0 Å². The average molecular weight is 475 g/mol. The van der Waals surface area contributed by atoms with E-state index in [9.17, 15) is 18.6 Å². The molecule has 0 unspecified atom stereocenters. The van der Waals surface area contributed by atoms with Gasteiger partial charge in [-0.15, -0.1) is 0 Å². The van der Waals surface area contributed by atoms with Gasteiger partial charge in [0.1, 0.15) is 11.5 Å². The molecule has 2 N–H and O–H groups in total. The molecule has 0 spiro atoms. The van der Waals surface area contributed by atoms with Gasteiger partial charge in [-0.25, -0.2) is 8.42 Å². The Labute approximate surface area is 201 Å². The van der Waals surface area contributed by atoms with Gasteiger partial charge in [0.25, 0.3) is 0 Å². The second-order valence-electron chi connectivity index (χ2n) is 9.00. The van der Waals surface area contributed by atoms with Crippen LogP contribution in [0.15, 0.2) is 34.1 Å². The van der Waals surface area contributed by atoms with Crippen molar-refractivity contribution >= 4 is 9.84 Å². The summed E-state index contributed by atoms with van der Waals surface area (Å²) in [6, 6.07) is 6.23. The Morgan fingerprint density at radius 3 is 1.15 bits per heavy atom. The molecule has 0 aliphatic carbocycles. The molecule has 0 bridgehead atoms. The topological polar surface area (TPSA) is 74.6 Å². The lowest BCUT2D eigenvalue weighted by atomic mass is 9.96. The highest BCUT2D eigenvalue weighted by Gasteiger charge is 2.28. The molecular formula is C28H42O4S. The van der Waals surface area contributed by atoms with Crippen LogP contribution in [0.2, 0.25) is 0 Å². The molecule has 4 nitrogen and oxygen atoms in total. The van der Waals surface area contributed by atoms with Crippen molar-refractivity contribution < 1.29 is 18.6 Å². The van der Waals surface area contributed by atoms with Gasteiger partial charge in [0, 0.05) is 0 Å². The summed E-state index contributed by atoms with van der Waals surface area (Å²) in [7, 11) is -3.81.